The Morgan fingerprint density at radius 3 is 2.81 bits per heavy atom. The summed E-state index contributed by atoms with van der Waals surface area (Å²) in [6.45, 7) is 3.05. The maximum absolute atomic E-state index is 12.1. The molecule has 1 amide bonds. The normalized spacial score (nSPS) is 30.9. The Balaban J connectivity index is 1.82. The van der Waals surface area contributed by atoms with Crippen molar-refractivity contribution in [3.63, 3.8) is 0 Å². The summed E-state index contributed by atoms with van der Waals surface area (Å²) in [5.74, 6) is 0.276. The van der Waals surface area contributed by atoms with Crippen LogP contribution in [0.25, 0.3) is 0 Å². The molecular weight excluding hydrogens is 202 g/mol. The summed E-state index contributed by atoms with van der Waals surface area (Å²) in [6.07, 6.45) is 4.63. The van der Waals surface area contributed by atoms with Crippen LogP contribution in [0.2, 0.25) is 0 Å². The van der Waals surface area contributed by atoms with Gasteiger partial charge in [0.25, 0.3) is 0 Å². The van der Waals surface area contributed by atoms with Gasteiger partial charge in [0.15, 0.2) is 0 Å². The Kier molecular flexibility index (Phi) is 3.82. The molecule has 1 N–H and O–H groups in total. The van der Waals surface area contributed by atoms with E-state index in [9.17, 15) is 4.79 Å². The molecule has 0 aromatic carbocycles. The van der Waals surface area contributed by atoms with E-state index in [1.807, 2.05) is 11.9 Å². The highest BCUT2D eigenvalue weighted by molar-refractivity contribution is 5.81. The van der Waals surface area contributed by atoms with Gasteiger partial charge in [0.1, 0.15) is 0 Å². The molecule has 2 heterocycles. The zero-order chi connectivity index (χ0) is 11.5. The van der Waals surface area contributed by atoms with E-state index < -0.39 is 0 Å². The third kappa shape index (κ3) is 2.55. The summed E-state index contributed by atoms with van der Waals surface area (Å²) in [5.41, 5.74) is 0. The van der Waals surface area contributed by atoms with Gasteiger partial charge >= 0.3 is 0 Å². The van der Waals surface area contributed by atoms with Crippen molar-refractivity contribution in [1.29, 1.82) is 0 Å². The second-order valence-corrected chi connectivity index (χ2v) is 5.14. The Hall–Kier alpha value is -0.610. The van der Waals surface area contributed by atoms with E-state index >= 15 is 0 Å². The van der Waals surface area contributed by atoms with Gasteiger partial charge in [-0.1, -0.05) is 0 Å². The number of likely N-dealkylation sites (tertiary alicyclic amines) is 1. The van der Waals surface area contributed by atoms with E-state index in [-0.39, 0.29) is 11.9 Å². The van der Waals surface area contributed by atoms with Crippen LogP contribution in [0.1, 0.15) is 25.7 Å². The lowest BCUT2D eigenvalue weighted by molar-refractivity contribution is -0.132. The van der Waals surface area contributed by atoms with Crippen molar-refractivity contribution >= 4 is 5.91 Å². The quantitative estimate of drug-likeness (QED) is 0.750. The molecule has 1 unspecified atom stereocenters. The smallest absolute Gasteiger partial charge is 0.239 e. The Bertz CT molecular complexity index is 251. The predicted octanol–water partition coefficient (Wildman–Crippen LogP) is 0.291. The van der Waals surface area contributed by atoms with Gasteiger partial charge in [0, 0.05) is 19.6 Å². The summed E-state index contributed by atoms with van der Waals surface area (Å²) < 4.78 is 0. The largest absolute Gasteiger partial charge is 0.343 e. The molecule has 2 rings (SSSR count). The Labute approximate surface area is 98.0 Å². The fourth-order valence-corrected chi connectivity index (χ4v) is 2.78. The van der Waals surface area contributed by atoms with E-state index in [1.165, 1.54) is 19.4 Å². The first-order valence-corrected chi connectivity index (χ1v) is 6.37. The standard InChI is InChI=1S/C12H23N3O/c1-14-8-4-5-10(14)9-15(2)12(16)11-6-3-7-13-11/h10-11,13H,3-9H2,1-2H3/t10?,11-/m0/s1. The van der Waals surface area contributed by atoms with Crippen LogP contribution in [0, 0.1) is 0 Å². The molecule has 4 heteroatoms. The van der Waals surface area contributed by atoms with E-state index in [2.05, 4.69) is 17.3 Å². The Morgan fingerprint density at radius 1 is 1.44 bits per heavy atom. The van der Waals surface area contributed by atoms with Gasteiger partial charge in [-0.2, -0.15) is 0 Å². The first-order valence-electron chi connectivity index (χ1n) is 6.37. The number of amides is 1. The summed E-state index contributed by atoms with van der Waals surface area (Å²) >= 11 is 0. The van der Waals surface area contributed by atoms with Crippen molar-refractivity contribution in [1.82, 2.24) is 15.1 Å². The molecule has 0 aliphatic carbocycles. The lowest BCUT2D eigenvalue weighted by atomic mass is 10.1. The minimum atomic E-state index is 0.0803. The average Bonchev–Trinajstić information content (AvgIpc) is 2.89. The third-order valence-electron chi connectivity index (χ3n) is 3.89. The van der Waals surface area contributed by atoms with Gasteiger partial charge in [-0.05, 0) is 45.8 Å². The average molecular weight is 225 g/mol. The predicted molar refractivity (Wildman–Crippen MR) is 64.3 cm³/mol. The van der Waals surface area contributed by atoms with Crippen LogP contribution in [0.5, 0.6) is 0 Å². The second-order valence-electron chi connectivity index (χ2n) is 5.14. The number of carbonyl (C=O) groups excluding carboxylic acids is 1. The topological polar surface area (TPSA) is 35.6 Å². The van der Waals surface area contributed by atoms with E-state index in [0.717, 1.165) is 25.9 Å². The van der Waals surface area contributed by atoms with E-state index in [0.29, 0.717) is 6.04 Å². The SMILES string of the molecule is CN(CC1CCCN1C)C(=O)[C@@H]1CCCN1. The minimum Gasteiger partial charge on any atom is -0.343 e. The van der Waals surface area contributed by atoms with Crippen LogP contribution in [0.15, 0.2) is 0 Å². The highest BCUT2D eigenvalue weighted by Gasteiger charge is 2.28. The van der Waals surface area contributed by atoms with Crippen molar-refractivity contribution in [2.24, 2.45) is 0 Å². The molecular formula is C12H23N3O. The first kappa shape index (κ1) is 11.9. The van der Waals surface area contributed by atoms with Crippen LogP contribution < -0.4 is 5.32 Å². The molecule has 2 atom stereocenters. The third-order valence-corrected chi connectivity index (χ3v) is 3.89. The molecule has 2 aliphatic rings. The van der Waals surface area contributed by atoms with Crippen molar-refractivity contribution < 1.29 is 4.79 Å². The zero-order valence-corrected chi connectivity index (χ0v) is 10.4. The van der Waals surface area contributed by atoms with Crippen LogP contribution in [-0.4, -0.2) is 61.5 Å². The van der Waals surface area contributed by atoms with Crippen LogP contribution in [0.4, 0.5) is 0 Å². The summed E-state index contributed by atoms with van der Waals surface area (Å²) in [5, 5.41) is 3.27. The van der Waals surface area contributed by atoms with Crippen molar-refractivity contribution in [3.05, 3.63) is 0 Å². The van der Waals surface area contributed by atoms with E-state index in [1.54, 1.807) is 0 Å². The van der Waals surface area contributed by atoms with Gasteiger partial charge in [0.05, 0.1) is 6.04 Å². The van der Waals surface area contributed by atoms with Crippen molar-refractivity contribution in [2.75, 3.05) is 33.7 Å². The fraction of sp³-hybridized carbons (Fsp3) is 0.917. The maximum atomic E-state index is 12.1. The Morgan fingerprint density at radius 2 is 2.25 bits per heavy atom. The summed E-state index contributed by atoms with van der Waals surface area (Å²) in [7, 11) is 4.10. The highest BCUT2D eigenvalue weighted by atomic mass is 16.2. The number of nitrogens with zero attached hydrogens (tertiary/aromatic N) is 2. The number of hydrogen-bond acceptors (Lipinski definition) is 3. The fourth-order valence-electron chi connectivity index (χ4n) is 2.78. The molecule has 2 aliphatic heterocycles. The van der Waals surface area contributed by atoms with Gasteiger partial charge in [-0.15, -0.1) is 0 Å². The zero-order valence-electron chi connectivity index (χ0n) is 10.4. The molecule has 0 bridgehead atoms. The number of nitrogens with one attached hydrogen (secondary N) is 1. The van der Waals surface area contributed by atoms with Crippen molar-refractivity contribution in [2.45, 2.75) is 37.8 Å². The van der Waals surface area contributed by atoms with Gasteiger partial charge in [-0.3, -0.25) is 4.79 Å². The molecule has 0 radical (unpaired) electrons. The minimum absolute atomic E-state index is 0.0803. The molecule has 92 valence electrons. The second kappa shape index (κ2) is 5.15. The number of rotatable bonds is 3. The number of likely N-dealkylation sites (N-methyl/N-ethyl adjacent to an activating group) is 2. The number of hydrogen-bond donors (Lipinski definition) is 1. The lowest BCUT2D eigenvalue weighted by Gasteiger charge is -2.27. The molecule has 2 saturated heterocycles. The van der Waals surface area contributed by atoms with Gasteiger partial charge in [0.2, 0.25) is 5.91 Å². The highest BCUT2D eigenvalue weighted by Crippen LogP contribution is 2.16. The van der Waals surface area contributed by atoms with E-state index in [4.69, 9.17) is 0 Å². The molecule has 0 aromatic heterocycles. The summed E-state index contributed by atoms with van der Waals surface area (Å²) in [4.78, 5) is 16.4. The molecule has 4 nitrogen and oxygen atoms in total. The first-order chi connectivity index (χ1) is 7.68. The number of carbonyl (C=O) groups is 1. The molecule has 0 aromatic rings. The molecule has 2 fully saturated rings. The van der Waals surface area contributed by atoms with Crippen LogP contribution >= 0.6 is 0 Å². The van der Waals surface area contributed by atoms with Crippen LogP contribution in [-0.2, 0) is 4.79 Å². The van der Waals surface area contributed by atoms with Crippen LogP contribution in [0.3, 0.4) is 0 Å². The van der Waals surface area contributed by atoms with Gasteiger partial charge < -0.3 is 15.1 Å². The summed E-state index contributed by atoms with van der Waals surface area (Å²) in [6, 6.07) is 0.645. The monoisotopic (exact) mass is 225 g/mol. The molecule has 16 heavy (non-hydrogen) atoms. The molecule has 0 spiro atoms. The van der Waals surface area contributed by atoms with Gasteiger partial charge in [-0.25, -0.2) is 0 Å². The maximum Gasteiger partial charge on any atom is 0.239 e. The van der Waals surface area contributed by atoms with Crippen molar-refractivity contribution in [3.8, 4) is 0 Å². The lowest BCUT2D eigenvalue weighted by Crippen LogP contribution is -2.46. The molecule has 0 saturated carbocycles.